The minimum atomic E-state index is -4.95. The summed E-state index contributed by atoms with van der Waals surface area (Å²) in [5, 5.41) is 0. The van der Waals surface area contributed by atoms with Crippen molar-refractivity contribution in [2.45, 2.75) is 9.79 Å². The van der Waals surface area contributed by atoms with Crippen molar-refractivity contribution in [2.75, 3.05) is 5.73 Å². The molecule has 0 amide bonds. The molecule has 112 valence electrons. The maximum absolute atomic E-state index is 11.2. The van der Waals surface area contributed by atoms with Crippen LogP contribution in [-0.2, 0) is 31.3 Å². The van der Waals surface area contributed by atoms with Crippen molar-refractivity contribution in [3.63, 3.8) is 0 Å². The summed E-state index contributed by atoms with van der Waals surface area (Å²) in [5.41, 5.74) is 4.20. The van der Waals surface area contributed by atoms with Gasteiger partial charge in [0.25, 0.3) is 20.2 Å². The first-order valence-corrected chi connectivity index (χ1v) is 8.53. The van der Waals surface area contributed by atoms with Crippen molar-refractivity contribution in [3.8, 4) is 0 Å². The van der Waals surface area contributed by atoms with E-state index in [4.69, 9.17) is 19.4 Å². The molecule has 1 rings (SSSR count). The minimum Gasteiger partial charge on any atom is -0.398 e. The molecular weight excluding hydrogens is 334 g/mol. The van der Waals surface area contributed by atoms with Gasteiger partial charge in [0, 0.05) is 5.56 Å². The highest BCUT2D eigenvalue weighted by Gasteiger charge is 2.25. The molecule has 1 unspecified atom stereocenters. The zero-order chi connectivity index (χ0) is 15.9. The molecule has 20 heavy (non-hydrogen) atoms. The number of anilines is 1. The Balaban J connectivity index is 3.86. The zero-order valence-corrected chi connectivity index (χ0v) is 12.0. The van der Waals surface area contributed by atoms with Crippen LogP contribution < -0.4 is 5.73 Å². The number of hydrogen-bond donors (Lipinski definition) is 4. The molecule has 0 aliphatic heterocycles. The quantitative estimate of drug-likeness (QED) is 0.332. The van der Waals surface area contributed by atoms with Crippen LogP contribution in [0.3, 0.4) is 0 Å². The Morgan fingerprint density at radius 1 is 1.10 bits per heavy atom. The summed E-state index contributed by atoms with van der Waals surface area (Å²) in [6, 6.07) is 1.07. The van der Waals surface area contributed by atoms with E-state index >= 15 is 0 Å². The number of nitrogen functional groups attached to an aromatic ring is 1. The lowest BCUT2D eigenvalue weighted by molar-refractivity contribution is 0.481. The van der Waals surface area contributed by atoms with Crippen LogP contribution in [0.5, 0.6) is 0 Å². The van der Waals surface area contributed by atoms with Crippen molar-refractivity contribution in [2.24, 2.45) is 0 Å². The van der Waals surface area contributed by atoms with Crippen LogP contribution in [0.1, 0.15) is 5.56 Å². The van der Waals surface area contributed by atoms with E-state index in [1.165, 1.54) is 0 Å². The zero-order valence-electron chi connectivity index (χ0n) is 9.55. The topological polar surface area (TPSA) is 172 Å². The predicted molar refractivity (Wildman–Crippen MR) is 70.3 cm³/mol. The molecule has 9 nitrogen and oxygen atoms in total. The molecule has 0 aromatic heterocycles. The van der Waals surface area contributed by atoms with Crippen LogP contribution in [0, 0.1) is 0 Å². The second kappa shape index (κ2) is 5.23. The van der Waals surface area contributed by atoms with Gasteiger partial charge in [-0.15, -0.1) is 0 Å². The number of rotatable bonds is 4. The predicted octanol–water partition coefficient (Wildman–Crippen LogP) is -0.0454. The van der Waals surface area contributed by atoms with E-state index in [0.29, 0.717) is 12.1 Å². The van der Waals surface area contributed by atoms with E-state index < -0.39 is 57.3 Å². The molecule has 0 aliphatic rings. The number of benzene rings is 1. The second-order valence-electron chi connectivity index (χ2n) is 3.51. The molecule has 1 atom stereocenters. The summed E-state index contributed by atoms with van der Waals surface area (Å²) in [6.45, 7) is 3.14. The van der Waals surface area contributed by atoms with Gasteiger partial charge in [-0.2, -0.15) is 16.8 Å². The summed E-state index contributed by atoms with van der Waals surface area (Å²) in [5.74, 6) is 0. The van der Waals surface area contributed by atoms with Crippen LogP contribution >= 0.6 is 0 Å². The number of nitrogens with two attached hydrogens (primary N) is 1. The first-order chi connectivity index (χ1) is 8.85. The lowest BCUT2D eigenvalue weighted by Gasteiger charge is -2.11. The largest absolute Gasteiger partial charge is 0.398 e. The molecule has 0 heterocycles. The monoisotopic (exact) mass is 343 g/mol. The first kappa shape index (κ1) is 16.7. The van der Waals surface area contributed by atoms with Gasteiger partial charge in [0.1, 0.15) is 9.79 Å². The van der Waals surface area contributed by atoms with Crippen molar-refractivity contribution in [1.82, 2.24) is 0 Å². The summed E-state index contributed by atoms with van der Waals surface area (Å²) < 4.78 is 82.1. The highest BCUT2D eigenvalue weighted by Crippen LogP contribution is 2.31. The third kappa shape index (κ3) is 3.41. The molecular formula is C8H9NO8S3. The van der Waals surface area contributed by atoms with Crippen LogP contribution in [0.2, 0.25) is 0 Å². The van der Waals surface area contributed by atoms with Gasteiger partial charge >= 0.3 is 0 Å². The maximum atomic E-state index is 11.2. The molecule has 0 aliphatic carbocycles. The molecule has 0 bridgehead atoms. The van der Waals surface area contributed by atoms with Gasteiger partial charge in [0.2, 0.25) is 0 Å². The Labute approximate surface area is 116 Å². The van der Waals surface area contributed by atoms with E-state index in [2.05, 4.69) is 6.58 Å². The summed E-state index contributed by atoms with van der Waals surface area (Å²) in [6.07, 6.45) is 0. The fourth-order valence-corrected chi connectivity index (χ4v) is 3.17. The molecule has 1 aromatic carbocycles. The van der Waals surface area contributed by atoms with Gasteiger partial charge in [-0.05, 0) is 12.1 Å². The molecule has 0 fully saturated rings. The van der Waals surface area contributed by atoms with Gasteiger partial charge in [-0.1, -0.05) is 6.58 Å². The fourth-order valence-electron chi connectivity index (χ4n) is 1.33. The average Bonchev–Trinajstić information content (AvgIpc) is 2.23. The van der Waals surface area contributed by atoms with E-state index in [1.807, 2.05) is 0 Å². The molecule has 1 aromatic rings. The van der Waals surface area contributed by atoms with E-state index in [9.17, 15) is 21.0 Å². The smallest absolute Gasteiger partial charge is 0.296 e. The Morgan fingerprint density at radius 3 is 1.90 bits per heavy atom. The Bertz CT molecular complexity index is 808. The summed E-state index contributed by atoms with van der Waals surface area (Å²) in [7, 11) is -9.80. The van der Waals surface area contributed by atoms with Gasteiger partial charge in [0.05, 0.1) is 10.6 Å². The molecule has 0 saturated carbocycles. The normalized spacial score (nSPS) is 13.9. The van der Waals surface area contributed by atoms with Crippen molar-refractivity contribution >= 4 is 41.9 Å². The molecule has 0 spiro atoms. The van der Waals surface area contributed by atoms with Crippen LogP contribution in [-0.4, -0.2) is 34.7 Å². The third-order valence-corrected chi connectivity index (χ3v) is 4.62. The van der Waals surface area contributed by atoms with Gasteiger partial charge < -0.3 is 10.3 Å². The van der Waals surface area contributed by atoms with Crippen molar-refractivity contribution < 1.29 is 34.7 Å². The highest BCUT2D eigenvalue weighted by atomic mass is 32.2. The van der Waals surface area contributed by atoms with Crippen LogP contribution in [0.4, 0.5) is 5.69 Å². The lowest BCUT2D eigenvalue weighted by atomic mass is 10.2. The highest BCUT2D eigenvalue weighted by molar-refractivity contribution is 7.89. The Morgan fingerprint density at radius 2 is 1.55 bits per heavy atom. The summed E-state index contributed by atoms with van der Waals surface area (Å²) >= 11 is -2.68. The van der Waals surface area contributed by atoms with Gasteiger partial charge in [-0.3, -0.25) is 9.11 Å². The standard InChI is InChI=1S/C8H9NO8S3/c1-4(18(10)11)5-2-6(9)8(20(15,16)17)3-7(5)19(12,13)14/h2-3H,1,9H2,(H,10,11)(H,12,13,14)(H,15,16,17). The Hall–Kier alpha value is -1.31. The molecule has 12 heteroatoms. The third-order valence-electron chi connectivity index (χ3n) is 2.18. The molecule has 0 radical (unpaired) electrons. The van der Waals surface area contributed by atoms with E-state index in [1.54, 1.807) is 0 Å². The average molecular weight is 343 g/mol. The van der Waals surface area contributed by atoms with Crippen LogP contribution in [0.15, 0.2) is 28.5 Å². The minimum absolute atomic E-state index is 0.368. The lowest BCUT2D eigenvalue weighted by Crippen LogP contribution is -2.10. The van der Waals surface area contributed by atoms with Crippen molar-refractivity contribution in [3.05, 3.63) is 24.3 Å². The van der Waals surface area contributed by atoms with Gasteiger partial charge in [-0.25, -0.2) is 4.21 Å². The molecule has 5 N–H and O–H groups in total. The second-order valence-corrected chi connectivity index (χ2v) is 7.28. The Kier molecular flexibility index (Phi) is 4.38. The molecule has 0 saturated heterocycles. The van der Waals surface area contributed by atoms with Crippen molar-refractivity contribution in [1.29, 1.82) is 0 Å². The van der Waals surface area contributed by atoms with E-state index in [-0.39, 0.29) is 0 Å². The SMILES string of the molecule is C=C(c1cc(N)c(S(=O)(=O)O)cc1S(=O)(=O)O)S(=O)O. The van der Waals surface area contributed by atoms with Gasteiger partial charge in [0.15, 0.2) is 11.1 Å². The maximum Gasteiger partial charge on any atom is 0.296 e. The van der Waals surface area contributed by atoms with E-state index in [0.717, 1.165) is 0 Å². The fraction of sp³-hybridized carbons (Fsp3) is 0. The van der Waals surface area contributed by atoms with Crippen LogP contribution in [0.25, 0.3) is 4.91 Å². The summed E-state index contributed by atoms with van der Waals surface area (Å²) in [4.78, 5) is -2.61. The first-order valence-electron chi connectivity index (χ1n) is 4.54. The number of hydrogen-bond acceptors (Lipinski definition) is 6.